The molecule has 5 heteroatoms. The lowest BCUT2D eigenvalue weighted by atomic mass is 10.1. The first kappa shape index (κ1) is 14.5. The summed E-state index contributed by atoms with van der Waals surface area (Å²) >= 11 is 0. The zero-order chi connectivity index (χ0) is 13.7. The van der Waals surface area contributed by atoms with E-state index in [1.807, 2.05) is 17.8 Å². The second-order valence-electron chi connectivity index (χ2n) is 5.07. The third-order valence-corrected chi connectivity index (χ3v) is 3.90. The minimum absolute atomic E-state index is 0.633. The number of piperazine rings is 1. The van der Waals surface area contributed by atoms with E-state index in [1.54, 1.807) is 14.2 Å². The van der Waals surface area contributed by atoms with Gasteiger partial charge in [-0.2, -0.15) is 0 Å². The highest BCUT2D eigenvalue weighted by atomic mass is 16.7. The number of rotatable bonds is 6. The fourth-order valence-corrected chi connectivity index (χ4v) is 2.64. The molecule has 1 aromatic heterocycles. The van der Waals surface area contributed by atoms with E-state index in [9.17, 15) is 0 Å². The molecule has 0 unspecified atom stereocenters. The Morgan fingerprint density at radius 2 is 1.95 bits per heavy atom. The van der Waals surface area contributed by atoms with Gasteiger partial charge in [-0.3, -0.25) is 0 Å². The van der Waals surface area contributed by atoms with Gasteiger partial charge < -0.3 is 24.3 Å². The van der Waals surface area contributed by atoms with E-state index in [-0.39, 0.29) is 0 Å². The molecule has 0 aromatic carbocycles. The molecule has 1 aliphatic rings. The summed E-state index contributed by atoms with van der Waals surface area (Å²) in [6.45, 7) is 5.31. The van der Waals surface area contributed by atoms with E-state index in [0.29, 0.717) is 0 Å². The first-order valence-electron chi connectivity index (χ1n) is 6.86. The van der Waals surface area contributed by atoms with Crippen molar-refractivity contribution in [1.29, 1.82) is 0 Å². The molecule has 0 spiro atoms. The molecule has 0 radical (unpaired) electrons. The van der Waals surface area contributed by atoms with Crippen LogP contribution in [0, 0.1) is 0 Å². The zero-order valence-electron chi connectivity index (χ0n) is 12.2. The van der Waals surface area contributed by atoms with Crippen molar-refractivity contribution in [3.8, 4) is 0 Å². The Balaban J connectivity index is 2.02. The number of hydrogen-bond donors (Lipinski definition) is 1. The molecule has 0 saturated carbocycles. The summed E-state index contributed by atoms with van der Waals surface area (Å²) in [6, 6.07) is 2.06. The minimum Gasteiger partial charge on any atom is -0.357 e. The second kappa shape index (κ2) is 6.52. The molecule has 1 N–H and O–H groups in total. The van der Waals surface area contributed by atoms with Gasteiger partial charge >= 0.3 is 0 Å². The number of nitrogens with zero attached hydrogens (tertiary/aromatic N) is 2. The maximum absolute atomic E-state index is 5.70. The van der Waals surface area contributed by atoms with Crippen LogP contribution >= 0.6 is 0 Å². The van der Waals surface area contributed by atoms with Crippen LogP contribution < -0.4 is 5.32 Å². The average molecular weight is 267 g/mol. The van der Waals surface area contributed by atoms with E-state index in [1.165, 1.54) is 0 Å². The van der Waals surface area contributed by atoms with Crippen LogP contribution in [0.4, 0.5) is 0 Å². The van der Waals surface area contributed by atoms with Gasteiger partial charge in [0.2, 0.25) is 0 Å². The Kier molecular flexibility index (Phi) is 4.99. The molecular weight excluding hydrogens is 242 g/mol. The standard InChI is InChI=1S/C14H25N3O2/c1-16-8-4-13(12-16)14(18-2,19-3)5-9-17-10-6-15-7-11-17/h4,8,12,15H,5-7,9-11H2,1-3H3. The molecule has 2 rings (SSSR count). The van der Waals surface area contributed by atoms with Crippen LogP contribution in [0.5, 0.6) is 0 Å². The van der Waals surface area contributed by atoms with Crippen molar-refractivity contribution in [1.82, 2.24) is 14.8 Å². The number of nitrogens with one attached hydrogen (secondary N) is 1. The molecule has 2 heterocycles. The number of hydrogen-bond acceptors (Lipinski definition) is 4. The summed E-state index contributed by atoms with van der Waals surface area (Å²) in [5, 5.41) is 3.37. The molecule has 1 fully saturated rings. The third-order valence-electron chi connectivity index (χ3n) is 3.90. The average Bonchev–Trinajstić information content (AvgIpc) is 2.89. The normalized spacial score (nSPS) is 17.8. The number of aryl methyl sites for hydroxylation is 1. The zero-order valence-corrected chi connectivity index (χ0v) is 12.2. The van der Waals surface area contributed by atoms with Crippen LogP contribution in [0.1, 0.15) is 12.0 Å². The molecule has 0 amide bonds. The van der Waals surface area contributed by atoms with E-state index >= 15 is 0 Å². The predicted octanol–water partition coefficient (Wildman–Crippen LogP) is 0.766. The lowest BCUT2D eigenvalue weighted by Crippen LogP contribution is -2.45. The fraction of sp³-hybridized carbons (Fsp3) is 0.714. The SMILES string of the molecule is COC(CCN1CCNCC1)(OC)c1ccn(C)c1. The summed E-state index contributed by atoms with van der Waals surface area (Å²) in [5.41, 5.74) is 1.08. The van der Waals surface area contributed by atoms with Crippen molar-refractivity contribution in [3.63, 3.8) is 0 Å². The Labute approximate surface area is 115 Å². The lowest BCUT2D eigenvalue weighted by molar-refractivity contribution is -0.222. The molecule has 1 aliphatic heterocycles. The van der Waals surface area contributed by atoms with Gasteiger partial charge in [-0.25, -0.2) is 0 Å². The van der Waals surface area contributed by atoms with Crippen molar-refractivity contribution >= 4 is 0 Å². The van der Waals surface area contributed by atoms with Crippen LogP contribution in [0.15, 0.2) is 18.5 Å². The number of methoxy groups -OCH3 is 2. The van der Waals surface area contributed by atoms with E-state index in [4.69, 9.17) is 9.47 Å². The molecule has 0 aliphatic carbocycles. The molecule has 5 nitrogen and oxygen atoms in total. The maximum Gasteiger partial charge on any atom is 0.196 e. The van der Waals surface area contributed by atoms with Crippen molar-refractivity contribution in [2.45, 2.75) is 12.2 Å². The quantitative estimate of drug-likeness (QED) is 0.773. The van der Waals surface area contributed by atoms with Gasteiger partial charge in [0.05, 0.1) is 0 Å². The van der Waals surface area contributed by atoms with Crippen molar-refractivity contribution < 1.29 is 9.47 Å². The largest absolute Gasteiger partial charge is 0.357 e. The highest BCUT2D eigenvalue weighted by molar-refractivity contribution is 5.17. The molecule has 1 saturated heterocycles. The van der Waals surface area contributed by atoms with E-state index in [2.05, 4.69) is 22.5 Å². The molecule has 0 atom stereocenters. The maximum atomic E-state index is 5.70. The monoisotopic (exact) mass is 267 g/mol. The molecule has 1 aromatic rings. The fourth-order valence-electron chi connectivity index (χ4n) is 2.64. The smallest absolute Gasteiger partial charge is 0.196 e. The van der Waals surface area contributed by atoms with Gasteiger partial charge in [0.1, 0.15) is 0 Å². The number of aromatic nitrogens is 1. The van der Waals surface area contributed by atoms with Crippen molar-refractivity contribution in [2.75, 3.05) is 46.9 Å². The summed E-state index contributed by atoms with van der Waals surface area (Å²) in [6.07, 6.45) is 4.92. The first-order valence-corrected chi connectivity index (χ1v) is 6.86. The first-order chi connectivity index (χ1) is 9.20. The highest BCUT2D eigenvalue weighted by Gasteiger charge is 2.33. The van der Waals surface area contributed by atoms with Crippen LogP contribution in [-0.4, -0.2) is 56.4 Å². The van der Waals surface area contributed by atoms with E-state index < -0.39 is 5.79 Å². The second-order valence-corrected chi connectivity index (χ2v) is 5.07. The molecule has 108 valence electrons. The van der Waals surface area contributed by atoms with E-state index in [0.717, 1.165) is 44.7 Å². The summed E-state index contributed by atoms with van der Waals surface area (Å²) in [7, 11) is 5.44. The molecule has 19 heavy (non-hydrogen) atoms. The Morgan fingerprint density at radius 3 is 2.47 bits per heavy atom. The van der Waals surface area contributed by atoms with Gasteiger partial charge in [-0.15, -0.1) is 0 Å². The highest BCUT2D eigenvalue weighted by Crippen LogP contribution is 2.30. The van der Waals surface area contributed by atoms with Crippen LogP contribution in [0.2, 0.25) is 0 Å². The molecule has 0 bridgehead atoms. The lowest BCUT2D eigenvalue weighted by Gasteiger charge is -2.34. The number of ether oxygens (including phenoxy) is 2. The predicted molar refractivity (Wildman–Crippen MR) is 75.0 cm³/mol. The van der Waals surface area contributed by atoms with Crippen LogP contribution in [-0.2, 0) is 22.3 Å². The Hall–Kier alpha value is -0.880. The Bertz CT molecular complexity index is 382. The summed E-state index contributed by atoms with van der Waals surface area (Å²) < 4.78 is 13.4. The van der Waals surface area contributed by atoms with Crippen molar-refractivity contribution in [2.24, 2.45) is 7.05 Å². The van der Waals surface area contributed by atoms with Crippen LogP contribution in [0.25, 0.3) is 0 Å². The molecular formula is C14H25N3O2. The summed E-state index contributed by atoms with van der Waals surface area (Å²) in [5.74, 6) is -0.633. The minimum atomic E-state index is -0.633. The summed E-state index contributed by atoms with van der Waals surface area (Å²) in [4.78, 5) is 2.45. The van der Waals surface area contributed by atoms with Gasteiger partial charge in [-0.05, 0) is 6.07 Å². The third kappa shape index (κ3) is 3.36. The Morgan fingerprint density at radius 1 is 1.26 bits per heavy atom. The van der Waals surface area contributed by atoms with Crippen LogP contribution in [0.3, 0.4) is 0 Å². The van der Waals surface area contributed by atoms with Crippen molar-refractivity contribution in [3.05, 3.63) is 24.0 Å². The van der Waals surface area contributed by atoms with Gasteiger partial charge in [-0.1, -0.05) is 0 Å². The topological polar surface area (TPSA) is 38.7 Å². The van der Waals surface area contributed by atoms with Gasteiger partial charge in [0.25, 0.3) is 0 Å². The van der Waals surface area contributed by atoms with Gasteiger partial charge in [0.15, 0.2) is 5.79 Å². The van der Waals surface area contributed by atoms with Gasteiger partial charge in [0, 0.05) is 78.4 Å².